The van der Waals surface area contributed by atoms with E-state index >= 15 is 0 Å². The molecule has 0 unspecified atom stereocenters. The summed E-state index contributed by atoms with van der Waals surface area (Å²) >= 11 is 0. The van der Waals surface area contributed by atoms with E-state index in [-0.39, 0.29) is 6.01 Å². The first-order valence-electron chi connectivity index (χ1n) is 6.31. The molecule has 0 aliphatic carbocycles. The Labute approximate surface area is 116 Å². The quantitative estimate of drug-likeness (QED) is 0.754. The molecule has 0 aliphatic heterocycles. The lowest BCUT2D eigenvalue weighted by molar-refractivity contribution is 0.312. The van der Waals surface area contributed by atoms with Gasteiger partial charge in [-0.1, -0.05) is 5.16 Å². The predicted molar refractivity (Wildman–Crippen MR) is 71.8 cm³/mol. The second kappa shape index (κ2) is 6.64. The molecule has 0 atom stereocenters. The topological polar surface area (TPSA) is 111 Å². The number of ether oxygens (including phenoxy) is 1. The van der Waals surface area contributed by atoms with Gasteiger partial charge >= 0.3 is 6.01 Å². The predicted octanol–water partition coefficient (Wildman–Crippen LogP) is 0.658. The Bertz CT molecular complexity index is 557. The van der Waals surface area contributed by atoms with Gasteiger partial charge < -0.3 is 19.9 Å². The molecule has 0 spiro atoms. The normalized spacial score (nSPS) is 10.3. The van der Waals surface area contributed by atoms with E-state index < -0.39 is 0 Å². The highest BCUT2D eigenvalue weighted by Crippen LogP contribution is 2.10. The number of hydrogen-bond donors (Lipinski definition) is 2. The van der Waals surface area contributed by atoms with E-state index in [0.29, 0.717) is 43.2 Å². The molecule has 0 aliphatic rings. The van der Waals surface area contributed by atoms with E-state index in [4.69, 9.17) is 9.26 Å². The average molecular weight is 279 g/mol. The van der Waals surface area contributed by atoms with Gasteiger partial charge in [-0.15, -0.1) is 0 Å². The van der Waals surface area contributed by atoms with E-state index in [2.05, 4.69) is 35.7 Å². The fourth-order valence-electron chi connectivity index (χ4n) is 1.46. The molecule has 9 nitrogen and oxygen atoms in total. The first-order chi connectivity index (χ1) is 9.71. The zero-order chi connectivity index (χ0) is 14.4. The van der Waals surface area contributed by atoms with Crippen LogP contribution in [-0.4, -0.2) is 45.3 Å². The highest BCUT2D eigenvalue weighted by Gasteiger charge is 2.07. The maximum absolute atomic E-state index is 5.27. The molecular weight excluding hydrogens is 262 g/mol. The van der Waals surface area contributed by atoms with Crippen LogP contribution in [-0.2, 0) is 6.42 Å². The lowest BCUT2D eigenvalue weighted by Gasteiger charge is -2.07. The Balaban J connectivity index is 1.95. The molecule has 9 heteroatoms. The van der Waals surface area contributed by atoms with Crippen LogP contribution in [0.15, 0.2) is 4.52 Å². The largest absolute Gasteiger partial charge is 0.464 e. The van der Waals surface area contributed by atoms with Crippen LogP contribution >= 0.6 is 0 Å². The van der Waals surface area contributed by atoms with Crippen molar-refractivity contribution in [2.45, 2.75) is 20.3 Å². The minimum absolute atomic E-state index is 0.281. The zero-order valence-electron chi connectivity index (χ0n) is 11.7. The Kier molecular flexibility index (Phi) is 4.64. The summed E-state index contributed by atoms with van der Waals surface area (Å²) in [5, 5.41) is 9.64. The SMILES string of the molecule is CCOc1nc(NC)nc(NCCc2nc(C)no2)n1. The third kappa shape index (κ3) is 3.77. The van der Waals surface area contributed by atoms with Gasteiger partial charge in [-0.25, -0.2) is 0 Å². The highest BCUT2D eigenvalue weighted by atomic mass is 16.5. The van der Waals surface area contributed by atoms with Crippen LogP contribution in [0, 0.1) is 6.92 Å². The van der Waals surface area contributed by atoms with E-state index in [0.717, 1.165) is 0 Å². The van der Waals surface area contributed by atoms with Gasteiger partial charge in [0.1, 0.15) is 0 Å². The molecule has 20 heavy (non-hydrogen) atoms. The van der Waals surface area contributed by atoms with Gasteiger partial charge in [-0.05, 0) is 13.8 Å². The first-order valence-corrected chi connectivity index (χ1v) is 6.31. The van der Waals surface area contributed by atoms with Gasteiger partial charge in [0.15, 0.2) is 5.82 Å². The van der Waals surface area contributed by atoms with Crippen molar-refractivity contribution in [2.75, 3.05) is 30.8 Å². The summed E-state index contributed by atoms with van der Waals surface area (Å²) in [7, 11) is 1.73. The molecule has 2 heterocycles. The summed E-state index contributed by atoms with van der Waals surface area (Å²) in [5.41, 5.74) is 0. The van der Waals surface area contributed by atoms with Crippen LogP contribution in [0.2, 0.25) is 0 Å². The van der Waals surface area contributed by atoms with Crippen molar-refractivity contribution in [3.8, 4) is 6.01 Å². The fraction of sp³-hybridized carbons (Fsp3) is 0.545. The molecule has 0 radical (unpaired) electrons. The number of rotatable bonds is 7. The van der Waals surface area contributed by atoms with Crippen LogP contribution in [0.25, 0.3) is 0 Å². The Morgan fingerprint density at radius 2 is 1.95 bits per heavy atom. The Morgan fingerprint density at radius 1 is 1.15 bits per heavy atom. The molecule has 2 aromatic heterocycles. The zero-order valence-corrected chi connectivity index (χ0v) is 11.7. The van der Waals surface area contributed by atoms with Crippen molar-refractivity contribution in [3.05, 3.63) is 11.7 Å². The van der Waals surface area contributed by atoms with Crippen molar-refractivity contribution >= 4 is 11.9 Å². The van der Waals surface area contributed by atoms with Gasteiger partial charge in [0, 0.05) is 20.0 Å². The average Bonchev–Trinajstić information content (AvgIpc) is 2.84. The molecule has 2 N–H and O–H groups in total. The first kappa shape index (κ1) is 14.0. The van der Waals surface area contributed by atoms with Gasteiger partial charge in [0.05, 0.1) is 6.61 Å². The summed E-state index contributed by atoms with van der Waals surface area (Å²) < 4.78 is 10.3. The number of aryl methyl sites for hydroxylation is 1. The number of anilines is 2. The van der Waals surface area contributed by atoms with Crippen molar-refractivity contribution in [2.24, 2.45) is 0 Å². The second-order valence-corrected chi connectivity index (χ2v) is 3.86. The Hall–Kier alpha value is -2.45. The summed E-state index contributed by atoms with van der Waals surface area (Å²) in [6, 6.07) is 0.281. The molecular formula is C11H17N7O2. The Morgan fingerprint density at radius 3 is 2.60 bits per heavy atom. The van der Waals surface area contributed by atoms with E-state index in [9.17, 15) is 0 Å². The van der Waals surface area contributed by atoms with Crippen LogP contribution in [0.3, 0.4) is 0 Å². The van der Waals surface area contributed by atoms with Crippen LogP contribution < -0.4 is 15.4 Å². The van der Waals surface area contributed by atoms with Crippen LogP contribution in [0.5, 0.6) is 6.01 Å². The number of aromatic nitrogens is 5. The second-order valence-electron chi connectivity index (χ2n) is 3.86. The highest BCUT2D eigenvalue weighted by molar-refractivity contribution is 5.35. The molecule has 0 amide bonds. The van der Waals surface area contributed by atoms with E-state index in [1.807, 2.05) is 6.92 Å². The third-order valence-electron chi connectivity index (χ3n) is 2.30. The van der Waals surface area contributed by atoms with Crippen LogP contribution in [0.1, 0.15) is 18.6 Å². The minimum Gasteiger partial charge on any atom is -0.464 e. The summed E-state index contributed by atoms with van der Waals surface area (Å²) in [4.78, 5) is 16.5. The van der Waals surface area contributed by atoms with Gasteiger partial charge in [-0.3, -0.25) is 0 Å². The molecule has 0 fully saturated rings. The standard InChI is InChI=1S/C11H17N7O2/c1-4-19-11-16-9(12-3)15-10(17-11)13-6-5-8-14-7(2)18-20-8/h4-6H2,1-3H3,(H2,12,13,15,16,17). The number of hydrogen-bond acceptors (Lipinski definition) is 9. The van der Waals surface area contributed by atoms with Crippen LogP contribution in [0.4, 0.5) is 11.9 Å². The molecule has 2 rings (SSSR count). The summed E-state index contributed by atoms with van der Waals surface area (Å²) in [6.45, 7) is 4.71. The van der Waals surface area contributed by atoms with Gasteiger partial charge in [-0.2, -0.15) is 19.9 Å². The summed E-state index contributed by atoms with van der Waals surface area (Å²) in [5.74, 6) is 2.07. The lowest BCUT2D eigenvalue weighted by atomic mass is 10.4. The van der Waals surface area contributed by atoms with Crippen molar-refractivity contribution in [1.82, 2.24) is 25.1 Å². The van der Waals surface area contributed by atoms with Gasteiger partial charge in [0.2, 0.25) is 17.8 Å². The van der Waals surface area contributed by atoms with Crippen molar-refractivity contribution < 1.29 is 9.26 Å². The minimum atomic E-state index is 0.281. The fourth-order valence-corrected chi connectivity index (χ4v) is 1.46. The molecule has 2 aromatic rings. The lowest BCUT2D eigenvalue weighted by Crippen LogP contribution is -2.11. The molecule has 0 saturated carbocycles. The third-order valence-corrected chi connectivity index (χ3v) is 2.30. The maximum atomic E-state index is 5.27. The van der Waals surface area contributed by atoms with E-state index in [1.54, 1.807) is 14.0 Å². The smallest absolute Gasteiger partial charge is 0.323 e. The number of nitrogens with one attached hydrogen (secondary N) is 2. The van der Waals surface area contributed by atoms with Crippen molar-refractivity contribution in [3.63, 3.8) is 0 Å². The number of nitrogens with zero attached hydrogens (tertiary/aromatic N) is 5. The molecule has 108 valence electrons. The molecule has 0 saturated heterocycles. The summed E-state index contributed by atoms with van der Waals surface area (Å²) in [6.07, 6.45) is 0.589. The molecule has 0 aromatic carbocycles. The van der Waals surface area contributed by atoms with Crippen molar-refractivity contribution in [1.29, 1.82) is 0 Å². The maximum Gasteiger partial charge on any atom is 0.323 e. The molecule has 0 bridgehead atoms. The van der Waals surface area contributed by atoms with Gasteiger partial charge in [0.25, 0.3) is 0 Å². The monoisotopic (exact) mass is 279 g/mol. The van der Waals surface area contributed by atoms with E-state index in [1.165, 1.54) is 0 Å².